The predicted molar refractivity (Wildman–Crippen MR) is 74.2 cm³/mol. The van der Waals surface area contributed by atoms with Gasteiger partial charge < -0.3 is 5.11 Å². The Morgan fingerprint density at radius 2 is 2.20 bits per heavy atom. The SMILES string of the molecule is Cc1ccc(-c2cc(C(=O)O)nn2-c2nccs2)nc1. The minimum absolute atomic E-state index is 0.0300. The Kier molecular flexibility index (Phi) is 3.03. The largest absolute Gasteiger partial charge is 0.476 e. The third-order valence-electron chi connectivity index (χ3n) is 2.70. The fourth-order valence-electron chi connectivity index (χ4n) is 1.75. The number of aryl methyl sites for hydroxylation is 1. The molecule has 3 aromatic rings. The van der Waals surface area contributed by atoms with E-state index in [1.54, 1.807) is 12.4 Å². The number of hydrogen-bond donors (Lipinski definition) is 1. The lowest BCUT2D eigenvalue weighted by Gasteiger charge is -2.03. The van der Waals surface area contributed by atoms with Gasteiger partial charge in [0.2, 0.25) is 5.13 Å². The Labute approximate surface area is 118 Å². The minimum Gasteiger partial charge on any atom is -0.476 e. The van der Waals surface area contributed by atoms with Crippen LogP contribution in [-0.4, -0.2) is 30.8 Å². The van der Waals surface area contributed by atoms with Crippen molar-refractivity contribution in [2.45, 2.75) is 6.92 Å². The number of thiazole rings is 1. The van der Waals surface area contributed by atoms with Crippen LogP contribution in [0.1, 0.15) is 16.1 Å². The number of aromatic nitrogens is 4. The Balaban J connectivity index is 2.18. The van der Waals surface area contributed by atoms with Crippen molar-refractivity contribution in [1.29, 1.82) is 0 Å². The molecule has 3 aromatic heterocycles. The number of hydrogen-bond acceptors (Lipinski definition) is 5. The summed E-state index contributed by atoms with van der Waals surface area (Å²) < 4.78 is 1.51. The van der Waals surface area contributed by atoms with Gasteiger partial charge in [-0.25, -0.2) is 14.5 Å². The van der Waals surface area contributed by atoms with Crippen molar-refractivity contribution < 1.29 is 9.90 Å². The van der Waals surface area contributed by atoms with Gasteiger partial charge in [0.05, 0.1) is 11.4 Å². The van der Waals surface area contributed by atoms with Gasteiger partial charge in [-0.3, -0.25) is 4.98 Å². The summed E-state index contributed by atoms with van der Waals surface area (Å²) in [5, 5.41) is 15.6. The van der Waals surface area contributed by atoms with E-state index in [4.69, 9.17) is 5.11 Å². The van der Waals surface area contributed by atoms with Crippen LogP contribution < -0.4 is 0 Å². The van der Waals surface area contributed by atoms with Crippen LogP contribution in [0.5, 0.6) is 0 Å². The van der Waals surface area contributed by atoms with Gasteiger partial charge in [-0.1, -0.05) is 6.07 Å². The molecule has 0 aliphatic rings. The molecule has 0 radical (unpaired) electrons. The van der Waals surface area contributed by atoms with Gasteiger partial charge in [-0.2, -0.15) is 5.10 Å². The Morgan fingerprint density at radius 3 is 2.80 bits per heavy atom. The fraction of sp³-hybridized carbons (Fsp3) is 0.0769. The Bertz CT molecular complexity index is 747. The van der Waals surface area contributed by atoms with Gasteiger partial charge in [0, 0.05) is 23.8 Å². The van der Waals surface area contributed by atoms with Crippen LogP contribution in [-0.2, 0) is 0 Å². The summed E-state index contributed by atoms with van der Waals surface area (Å²) in [6.07, 6.45) is 3.38. The summed E-state index contributed by atoms with van der Waals surface area (Å²) in [6.45, 7) is 1.94. The molecule has 0 aliphatic heterocycles. The smallest absolute Gasteiger partial charge is 0.356 e. The Hall–Kier alpha value is -2.54. The molecule has 0 bridgehead atoms. The molecule has 1 N–H and O–H groups in total. The molecule has 3 rings (SSSR count). The summed E-state index contributed by atoms with van der Waals surface area (Å²) in [4.78, 5) is 19.6. The molecule has 0 spiro atoms. The van der Waals surface area contributed by atoms with Gasteiger partial charge in [0.15, 0.2) is 5.69 Å². The zero-order valence-electron chi connectivity index (χ0n) is 10.5. The molecule has 6 nitrogen and oxygen atoms in total. The lowest BCUT2D eigenvalue weighted by atomic mass is 10.2. The van der Waals surface area contributed by atoms with E-state index in [1.165, 1.54) is 22.1 Å². The third-order valence-corrected chi connectivity index (χ3v) is 3.45. The first-order valence-electron chi connectivity index (χ1n) is 5.81. The number of carboxylic acids is 1. The molecule has 0 saturated heterocycles. The lowest BCUT2D eigenvalue weighted by molar-refractivity contribution is 0.0690. The van der Waals surface area contributed by atoms with Crippen LogP contribution in [0, 0.1) is 6.92 Å². The molecule has 0 aliphatic carbocycles. The maximum atomic E-state index is 11.1. The number of nitrogens with zero attached hydrogens (tertiary/aromatic N) is 4. The van der Waals surface area contributed by atoms with Gasteiger partial charge in [0.25, 0.3) is 0 Å². The quantitative estimate of drug-likeness (QED) is 0.799. The summed E-state index contributed by atoms with van der Waals surface area (Å²) in [7, 11) is 0. The maximum Gasteiger partial charge on any atom is 0.356 e. The summed E-state index contributed by atoms with van der Waals surface area (Å²) in [5.74, 6) is -1.08. The zero-order chi connectivity index (χ0) is 14.1. The van der Waals surface area contributed by atoms with Crippen molar-refractivity contribution in [3.8, 4) is 16.5 Å². The van der Waals surface area contributed by atoms with Crippen molar-refractivity contribution in [1.82, 2.24) is 19.7 Å². The highest BCUT2D eigenvalue weighted by molar-refractivity contribution is 7.12. The number of aromatic carboxylic acids is 1. The number of carboxylic acid groups (broad SMARTS) is 1. The zero-order valence-corrected chi connectivity index (χ0v) is 11.3. The maximum absolute atomic E-state index is 11.1. The van der Waals surface area contributed by atoms with Crippen LogP contribution in [0.15, 0.2) is 36.0 Å². The number of carbonyl (C=O) groups is 1. The highest BCUT2D eigenvalue weighted by Crippen LogP contribution is 2.23. The second-order valence-corrected chi connectivity index (χ2v) is 5.04. The first kappa shape index (κ1) is 12.5. The van der Waals surface area contributed by atoms with Gasteiger partial charge in [-0.15, -0.1) is 11.3 Å². The molecule has 100 valence electrons. The van der Waals surface area contributed by atoms with Gasteiger partial charge in [0.1, 0.15) is 0 Å². The highest BCUT2D eigenvalue weighted by Gasteiger charge is 2.17. The second kappa shape index (κ2) is 4.86. The van der Waals surface area contributed by atoms with Crippen LogP contribution in [0.3, 0.4) is 0 Å². The average molecular weight is 286 g/mol. The molecule has 0 aromatic carbocycles. The summed E-state index contributed by atoms with van der Waals surface area (Å²) in [6, 6.07) is 5.26. The molecule has 0 fully saturated rings. The van der Waals surface area contributed by atoms with E-state index in [-0.39, 0.29) is 5.69 Å². The van der Waals surface area contributed by atoms with Gasteiger partial charge in [-0.05, 0) is 18.6 Å². The van der Waals surface area contributed by atoms with E-state index in [2.05, 4.69) is 15.1 Å². The van der Waals surface area contributed by atoms with Crippen molar-refractivity contribution in [2.75, 3.05) is 0 Å². The van der Waals surface area contributed by atoms with Crippen LogP contribution in [0.4, 0.5) is 0 Å². The molecule has 0 saturated carbocycles. The highest BCUT2D eigenvalue weighted by atomic mass is 32.1. The molecular formula is C13H10N4O2S. The second-order valence-electron chi connectivity index (χ2n) is 4.17. The summed E-state index contributed by atoms with van der Waals surface area (Å²) >= 11 is 1.38. The summed E-state index contributed by atoms with van der Waals surface area (Å²) in [5.41, 5.74) is 2.27. The molecule has 0 unspecified atom stereocenters. The van der Waals surface area contributed by atoms with E-state index in [0.29, 0.717) is 16.5 Å². The normalized spacial score (nSPS) is 10.7. The first-order chi connectivity index (χ1) is 9.65. The van der Waals surface area contributed by atoms with E-state index >= 15 is 0 Å². The van der Waals surface area contributed by atoms with Crippen molar-refractivity contribution in [2.24, 2.45) is 0 Å². The Morgan fingerprint density at radius 1 is 1.35 bits per heavy atom. The number of rotatable bonds is 3. The number of pyridine rings is 1. The van der Waals surface area contributed by atoms with Crippen molar-refractivity contribution in [3.63, 3.8) is 0 Å². The minimum atomic E-state index is -1.08. The van der Waals surface area contributed by atoms with Gasteiger partial charge >= 0.3 is 5.97 Å². The molecule has 7 heteroatoms. The van der Waals surface area contributed by atoms with E-state index in [0.717, 1.165) is 5.56 Å². The lowest BCUT2D eigenvalue weighted by Crippen LogP contribution is -2.02. The van der Waals surface area contributed by atoms with Crippen molar-refractivity contribution in [3.05, 3.63) is 47.2 Å². The molecule has 0 atom stereocenters. The van der Waals surface area contributed by atoms with Crippen LogP contribution in [0.2, 0.25) is 0 Å². The van der Waals surface area contributed by atoms with E-state index < -0.39 is 5.97 Å². The van der Waals surface area contributed by atoms with Crippen molar-refractivity contribution >= 4 is 17.3 Å². The van der Waals surface area contributed by atoms with Crippen LogP contribution in [0.25, 0.3) is 16.5 Å². The third kappa shape index (κ3) is 2.19. The molecule has 3 heterocycles. The van der Waals surface area contributed by atoms with E-state index in [9.17, 15) is 4.79 Å². The van der Waals surface area contributed by atoms with Crippen LogP contribution >= 0.6 is 11.3 Å². The molecule has 20 heavy (non-hydrogen) atoms. The first-order valence-corrected chi connectivity index (χ1v) is 6.69. The fourth-order valence-corrected chi connectivity index (χ4v) is 2.36. The average Bonchev–Trinajstić information content (AvgIpc) is 3.08. The van der Waals surface area contributed by atoms with E-state index in [1.807, 2.05) is 24.4 Å². The molecule has 0 amide bonds. The monoisotopic (exact) mass is 286 g/mol. The molecular weight excluding hydrogens is 276 g/mol. The standard InChI is InChI=1S/C13H10N4O2S/c1-8-2-3-9(15-7-8)11-6-10(12(18)19)16-17(11)13-14-4-5-20-13/h2-7H,1H3,(H,18,19). The predicted octanol–water partition coefficient (Wildman–Crippen LogP) is 2.40. The topological polar surface area (TPSA) is 80.9 Å².